The molecule has 182 valence electrons. The van der Waals surface area contributed by atoms with Crippen molar-refractivity contribution in [3.05, 3.63) is 95.7 Å². The Morgan fingerprint density at radius 3 is 2.64 bits per heavy atom. The smallest absolute Gasteiger partial charge is 0.328 e. The number of rotatable bonds is 6. The molecular weight excluding hydrogens is 456 g/mol. The summed E-state index contributed by atoms with van der Waals surface area (Å²) < 4.78 is 13.7. The van der Waals surface area contributed by atoms with Crippen molar-refractivity contribution in [2.45, 2.75) is 13.0 Å². The topological polar surface area (TPSA) is 81.0 Å². The molecule has 1 aromatic heterocycles. The molecule has 0 amide bonds. The van der Waals surface area contributed by atoms with Gasteiger partial charge in [-0.2, -0.15) is 0 Å². The molecule has 0 saturated heterocycles. The first-order valence-corrected chi connectivity index (χ1v) is 11.7. The van der Waals surface area contributed by atoms with Gasteiger partial charge >= 0.3 is 5.97 Å². The van der Waals surface area contributed by atoms with Gasteiger partial charge in [-0.05, 0) is 67.1 Å². The van der Waals surface area contributed by atoms with Gasteiger partial charge in [-0.25, -0.2) is 4.79 Å². The highest BCUT2D eigenvalue weighted by Gasteiger charge is 2.23. The van der Waals surface area contributed by atoms with Gasteiger partial charge in [0.15, 0.2) is 0 Å². The van der Waals surface area contributed by atoms with Crippen LogP contribution in [0.25, 0.3) is 17.0 Å². The molecule has 3 aromatic carbocycles. The molecular formula is C29H26N2O5. The molecule has 7 heteroatoms. The Kier molecular flexibility index (Phi) is 6.21. The highest BCUT2D eigenvalue weighted by molar-refractivity contribution is 6.05. The predicted molar refractivity (Wildman–Crippen MR) is 139 cm³/mol. The quantitative estimate of drug-likeness (QED) is 0.389. The van der Waals surface area contributed by atoms with E-state index in [-0.39, 0.29) is 12.0 Å². The standard InChI is InChI=1S/C29H26N2O5/c1-19-16-24-20(12-15-28(32)33)6-5-8-25(24)31(19)29(34)21-10-13-22(14-11-21)35-18-23-17-30(2)26-7-3-4-9-27(26)36-23/h3-16,23H,17-18H2,1-2H3,(H,32,33)/t23-/m0/s1. The van der Waals surface area contributed by atoms with Crippen molar-refractivity contribution in [2.75, 3.05) is 25.1 Å². The number of para-hydroxylation sites is 2. The molecule has 1 aliphatic rings. The summed E-state index contributed by atoms with van der Waals surface area (Å²) >= 11 is 0. The maximum Gasteiger partial charge on any atom is 0.328 e. The van der Waals surface area contributed by atoms with Crippen LogP contribution in [0.3, 0.4) is 0 Å². The first-order valence-electron chi connectivity index (χ1n) is 11.7. The molecule has 0 saturated carbocycles. The summed E-state index contributed by atoms with van der Waals surface area (Å²) in [5.41, 5.74) is 3.83. The lowest BCUT2D eigenvalue weighted by molar-refractivity contribution is -0.131. The van der Waals surface area contributed by atoms with Gasteiger partial charge in [0.05, 0.1) is 17.7 Å². The zero-order valence-electron chi connectivity index (χ0n) is 20.0. The van der Waals surface area contributed by atoms with E-state index < -0.39 is 5.97 Å². The molecule has 0 spiro atoms. The number of hydrogen-bond donors (Lipinski definition) is 1. The Morgan fingerprint density at radius 1 is 1.08 bits per heavy atom. The second kappa shape index (κ2) is 9.62. The van der Waals surface area contributed by atoms with E-state index in [2.05, 4.69) is 4.90 Å². The van der Waals surface area contributed by atoms with Crippen LogP contribution in [0.1, 0.15) is 21.6 Å². The van der Waals surface area contributed by atoms with Crippen molar-refractivity contribution < 1.29 is 24.2 Å². The van der Waals surface area contributed by atoms with Gasteiger partial charge in [0, 0.05) is 29.8 Å². The maximum absolute atomic E-state index is 13.4. The zero-order chi connectivity index (χ0) is 25.2. The van der Waals surface area contributed by atoms with Crippen LogP contribution in [-0.2, 0) is 4.79 Å². The first kappa shape index (κ1) is 23.2. The molecule has 1 aliphatic heterocycles. The third kappa shape index (κ3) is 4.55. The van der Waals surface area contributed by atoms with Gasteiger partial charge in [-0.3, -0.25) is 9.36 Å². The van der Waals surface area contributed by atoms with Gasteiger partial charge < -0.3 is 19.5 Å². The number of benzene rings is 3. The van der Waals surface area contributed by atoms with Crippen molar-refractivity contribution in [2.24, 2.45) is 0 Å². The van der Waals surface area contributed by atoms with Gasteiger partial charge in [0.25, 0.3) is 5.91 Å². The third-order valence-corrected chi connectivity index (χ3v) is 6.26. The number of carboxylic acids is 1. The van der Waals surface area contributed by atoms with E-state index in [0.717, 1.165) is 46.2 Å². The largest absolute Gasteiger partial charge is 0.490 e. The number of anilines is 1. The van der Waals surface area contributed by atoms with E-state index in [1.165, 1.54) is 6.08 Å². The van der Waals surface area contributed by atoms with Crippen LogP contribution in [0.5, 0.6) is 11.5 Å². The molecule has 2 heterocycles. The Hall–Kier alpha value is -4.52. The molecule has 0 unspecified atom stereocenters. The van der Waals surface area contributed by atoms with Crippen molar-refractivity contribution in [1.82, 2.24) is 4.57 Å². The number of aliphatic carboxylic acids is 1. The third-order valence-electron chi connectivity index (χ3n) is 6.26. The monoisotopic (exact) mass is 482 g/mol. The van der Waals surface area contributed by atoms with E-state index in [9.17, 15) is 9.59 Å². The fourth-order valence-corrected chi connectivity index (χ4v) is 4.55. The van der Waals surface area contributed by atoms with Crippen LogP contribution < -0.4 is 14.4 Å². The normalized spacial score (nSPS) is 15.1. The molecule has 36 heavy (non-hydrogen) atoms. The number of nitrogens with zero attached hydrogens (tertiary/aromatic N) is 2. The van der Waals surface area contributed by atoms with Gasteiger partial charge in [0.1, 0.15) is 24.2 Å². The highest BCUT2D eigenvalue weighted by Crippen LogP contribution is 2.32. The van der Waals surface area contributed by atoms with Crippen molar-refractivity contribution in [3.8, 4) is 11.5 Å². The summed E-state index contributed by atoms with van der Waals surface area (Å²) in [6.07, 6.45) is 2.53. The van der Waals surface area contributed by atoms with E-state index >= 15 is 0 Å². The van der Waals surface area contributed by atoms with Crippen molar-refractivity contribution >= 4 is 34.5 Å². The van der Waals surface area contributed by atoms with Crippen LogP contribution in [0, 0.1) is 6.92 Å². The summed E-state index contributed by atoms with van der Waals surface area (Å²) in [5.74, 6) is 0.319. The summed E-state index contributed by atoms with van der Waals surface area (Å²) in [7, 11) is 2.03. The van der Waals surface area contributed by atoms with E-state index in [1.807, 2.05) is 62.5 Å². The van der Waals surface area contributed by atoms with Gasteiger partial charge in [-0.1, -0.05) is 24.3 Å². The minimum Gasteiger partial charge on any atom is -0.490 e. The lowest BCUT2D eigenvalue weighted by atomic mass is 10.1. The lowest BCUT2D eigenvalue weighted by Gasteiger charge is -2.33. The molecule has 4 aromatic rings. The van der Waals surface area contributed by atoms with Crippen molar-refractivity contribution in [3.63, 3.8) is 0 Å². The average molecular weight is 483 g/mol. The second-order valence-electron chi connectivity index (χ2n) is 8.80. The van der Waals surface area contributed by atoms with Crippen LogP contribution in [0.15, 0.2) is 78.9 Å². The number of aromatic nitrogens is 1. The second-order valence-corrected chi connectivity index (χ2v) is 8.80. The molecule has 1 N–H and O–H groups in total. The van der Waals surface area contributed by atoms with Gasteiger partial charge in [-0.15, -0.1) is 0 Å². The number of carbonyl (C=O) groups excluding carboxylic acids is 1. The summed E-state index contributed by atoms with van der Waals surface area (Å²) in [6.45, 7) is 2.97. The number of aryl methyl sites for hydroxylation is 1. The number of fused-ring (bicyclic) bond motifs is 2. The highest BCUT2D eigenvalue weighted by atomic mass is 16.5. The van der Waals surface area contributed by atoms with E-state index in [0.29, 0.717) is 17.9 Å². The molecule has 7 nitrogen and oxygen atoms in total. The number of hydrogen-bond acceptors (Lipinski definition) is 5. The SMILES string of the molecule is Cc1cc2c(C=CC(=O)O)cccc2n1C(=O)c1ccc(OC[C@@H]2CN(C)c3ccccc3O2)cc1. The minimum absolute atomic E-state index is 0.107. The summed E-state index contributed by atoms with van der Waals surface area (Å²) in [6, 6.07) is 22.4. The molecule has 1 atom stereocenters. The number of likely N-dealkylation sites (N-methyl/N-ethyl adjacent to an activating group) is 1. The summed E-state index contributed by atoms with van der Waals surface area (Å²) in [5, 5.41) is 9.78. The molecule has 0 bridgehead atoms. The molecule has 0 radical (unpaired) electrons. The van der Waals surface area contributed by atoms with E-state index in [1.54, 1.807) is 28.8 Å². The van der Waals surface area contributed by atoms with Crippen molar-refractivity contribution in [1.29, 1.82) is 0 Å². The molecule has 5 rings (SSSR count). The molecule has 0 aliphatic carbocycles. The Morgan fingerprint density at radius 2 is 1.86 bits per heavy atom. The Balaban J connectivity index is 1.30. The van der Waals surface area contributed by atoms with Gasteiger partial charge in [0.2, 0.25) is 0 Å². The Bertz CT molecular complexity index is 1470. The maximum atomic E-state index is 13.4. The predicted octanol–water partition coefficient (Wildman–Crippen LogP) is 5.01. The average Bonchev–Trinajstić information content (AvgIpc) is 3.22. The van der Waals surface area contributed by atoms with Crippen LogP contribution in [0.2, 0.25) is 0 Å². The first-order chi connectivity index (χ1) is 17.4. The minimum atomic E-state index is -1.02. The number of ether oxygens (including phenoxy) is 2. The molecule has 0 fully saturated rings. The zero-order valence-corrected chi connectivity index (χ0v) is 20.0. The fraction of sp³-hybridized carbons (Fsp3) is 0.172. The number of carbonyl (C=O) groups is 2. The Labute approximate surface area is 208 Å². The van der Waals surface area contributed by atoms with Crippen LogP contribution in [-0.4, -0.2) is 47.9 Å². The fourth-order valence-electron chi connectivity index (χ4n) is 4.55. The lowest BCUT2D eigenvalue weighted by Crippen LogP contribution is -2.41. The summed E-state index contributed by atoms with van der Waals surface area (Å²) in [4.78, 5) is 26.5. The van der Waals surface area contributed by atoms with Crippen LogP contribution >= 0.6 is 0 Å². The van der Waals surface area contributed by atoms with Crippen LogP contribution in [0.4, 0.5) is 5.69 Å². The number of carboxylic acid groups (broad SMARTS) is 1. The van der Waals surface area contributed by atoms with E-state index in [4.69, 9.17) is 14.6 Å².